The van der Waals surface area contributed by atoms with Crippen LogP contribution in [-0.4, -0.2) is 21.2 Å². The first kappa shape index (κ1) is 18.2. The van der Waals surface area contributed by atoms with E-state index >= 15 is 0 Å². The van der Waals surface area contributed by atoms with Gasteiger partial charge in [0.25, 0.3) is 5.56 Å². The third-order valence-corrected chi connectivity index (χ3v) is 6.11. The molecule has 3 aromatic rings. The maximum atomic E-state index is 12.3. The van der Waals surface area contributed by atoms with E-state index in [0.29, 0.717) is 15.4 Å². The first-order valence-corrected chi connectivity index (χ1v) is 10.2. The van der Waals surface area contributed by atoms with Crippen molar-refractivity contribution in [2.24, 2.45) is 7.05 Å². The number of thioether (sulfide) groups is 1. The molecule has 0 saturated heterocycles. The van der Waals surface area contributed by atoms with E-state index in [2.05, 4.69) is 26.2 Å². The lowest BCUT2D eigenvalue weighted by molar-refractivity contribution is -0.119. The van der Waals surface area contributed by atoms with Crippen LogP contribution in [0.1, 0.15) is 18.5 Å². The monoisotopic (exact) mass is 437 g/mol. The number of halogens is 1. The molecule has 25 heavy (non-hydrogen) atoms. The standard InChI is InChI=1S/C17H16BrN3O2S2/c1-10(11-3-5-12(18)6-4-11)19-14(22)9-25-17-20-15-13(7-8-24-15)16(23)21(17)2/h3-8,10H,9H2,1-2H3,(H,19,22). The van der Waals surface area contributed by atoms with E-state index in [-0.39, 0.29) is 23.3 Å². The zero-order valence-corrected chi connectivity index (χ0v) is 16.9. The highest BCUT2D eigenvalue weighted by Gasteiger charge is 2.13. The Labute approximate surface area is 161 Å². The normalized spacial score (nSPS) is 12.3. The molecule has 0 saturated carbocycles. The number of aromatic nitrogens is 2. The number of thiophene rings is 1. The molecule has 8 heteroatoms. The molecule has 0 spiro atoms. The summed E-state index contributed by atoms with van der Waals surface area (Å²) in [5.41, 5.74) is 0.949. The molecule has 2 heterocycles. The van der Waals surface area contributed by atoms with Crippen LogP contribution < -0.4 is 10.9 Å². The van der Waals surface area contributed by atoms with Gasteiger partial charge in [-0.2, -0.15) is 0 Å². The summed E-state index contributed by atoms with van der Waals surface area (Å²) in [4.78, 5) is 29.7. The number of carbonyl (C=O) groups is 1. The van der Waals surface area contributed by atoms with Gasteiger partial charge in [-0.25, -0.2) is 4.98 Å². The van der Waals surface area contributed by atoms with Crippen LogP contribution in [0.15, 0.2) is 50.1 Å². The molecule has 130 valence electrons. The van der Waals surface area contributed by atoms with Crippen LogP contribution in [0.3, 0.4) is 0 Å². The molecule has 0 aliphatic carbocycles. The average Bonchev–Trinajstić information content (AvgIpc) is 3.06. The molecular formula is C17H16BrN3O2S2. The average molecular weight is 438 g/mol. The van der Waals surface area contributed by atoms with E-state index in [1.807, 2.05) is 36.6 Å². The van der Waals surface area contributed by atoms with Crippen LogP contribution in [0.5, 0.6) is 0 Å². The lowest BCUT2D eigenvalue weighted by Gasteiger charge is -2.14. The maximum Gasteiger partial charge on any atom is 0.262 e. The first-order chi connectivity index (χ1) is 12.0. The Kier molecular flexibility index (Phi) is 5.61. The first-order valence-electron chi connectivity index (χ1n) is 7.57. The van der Waals surface area contributed by atoms with Crippen molar-refractivity contribution in [2.45, 2.75) is 18.1 Å². The summed E-state index contributed by atoms with van der Waals surface area (Å²) in [6.45, 7) is 1.94. The van der Waals surface area contributed by atoms with Crippen molar-refractivity contribution in [2.75, 3.05) is 5.75 Å². The summed E-state index contributed by atoms with van der Waals surface area (Å²) in [7, 11) is 1.68. The molecule has 1 amide bonds. The van der Waals surface area contributed by atoms with Crippen LogP contribution in [0.25, 0.3) is 10.2 Å². The van der Waals surface area contributed by atoms with Crippen molar-refractivity contribution in [1.29, 1.82) is 0 Å². The smallest absolute Gasteiger partial charge is 0.262 e. The van der Waals surface area contributed by atoms with Gasteiger partial charge in [0, 0.05) is 11.5 Å². The Bertz CT molecular complexity index is 966. The molecule has 0 radical (unpaired) electrons. The van der Waals surface area contributed by atoms with E-state index < -0.39 is 0 Å². The number of nitrogens with one attached hydrogen (secondary N) is 1. The molecule has 3 rings (SSSR count). The van der Waals surface area contributed by atoms with Crippen LogP contribution in [0, 0.1) is 0 Å². The maximum absolute atomic E-state index is 12.3. The topological polar surface area (TPSA) is 64.0 Å². The largest absolute Gasteiger partial charge is 0.349 e. The van der Waals surface area contributed by atoms with Crippen LogP contribution >= 0.6 is 39.0 Å². The molecule has 2 aromatic heterocycles. The number of amides is 1. The summed E-state index contributed by atoms with van der Waals surface area (Å²) >= 11 is 6.09. The van der Waals surface area contributed by atoms with E-state index in [4.69, 9.17) is 0 Å². The number of fused-ring (bicyclic) bond motifs is 1. The predicted molar refractivity (Wildman–Crippen MR) is 106 cm³/mol. The fourth-order valence-corrected chi connectivity index (χ4v) is 4.21. The van der Waals surface area contributed by atoms with Gasteiger partial charge in [0.1, 0.15) is 4.83 Å². The highest BCUT2D eigenvalue weighted by atomic mass is 79.9. The zero-order valence-electron chi connectivity index (χ0n) is 13.7. The van der Waals surface area contributed by atoms with Crippen molar-refractivity contribution in [3.8, 4) is 0 Å². The molecule has 0 aliphatic heterocycles. The van der Waals surface area contributed by atoms with Crippen LogP contribution in [-0.2, 0) is 11.8 Å². The second-order valence-corrected chi connectivity index (χ2v) is 8.28. The van der Waals surface area contributed by atoms with Gasteiger partial charge in [-0.3, -0.25) is 14.2 Å². The lowest BCUT2D eigenvalue weighted by atomic mass is 10.1. The molecule has 5 nitrogen and oxygen atoms in total. The van der Waals surface area contributed by atoms with Gasteiger partial charge in [0.15, 0.2) is 5.16 Å². The van der Waals surface area contributed by atoms with Gasteiger partial charge < -0.3 is 5.32 Å². The molecular weight excluding hydrogens is 422 g/mol. The fourth-order valence-electron chi connectivity index (χ4n) is 2.36. The summed E-state index contributed by atoms with van der Waals surface area (Å²) in [5.74, 6) is 0.110. The van der Waals surface area contributed by atoms with Gasteiger partial charge in [0.2, 0.25) is 5.91 Å². The molecule has 1 atom stereocenters. The number of carbonyl (C=O) groups excluding carboxylic acids is 1. The van der Waals surface area contributed by atoms with Crippen LogP contribution in [0.4, 0.5) is 0 Å². The SMILES string of the molecule is CC(NC(=O)CSc1nc2sccc2c(=O)n1C)c1ccc(Br)cc1. The Balaban J connectivity index is 1.65. The summed E-state index contributed by atoms with van der Waals surface area (Å²) in [5, 5.41) is 5.98. The zero-order chi connectivity index (χ0) is 18.0. The number of nitrogens with zero attached hydrogens (tertiary/aromatic N) is 2. The third kappa shape index (κ3) is 4.13. The van der Waals surface area contributed by atoms with Crippen molar-refractivity contribution in [3.63, 3.8) is 0 Å². The Morgan fingerprint density at radius 1 is 1.36 bits per heavy atom. The molecule has 0 bridgehead atoms. The fraction of sp³-hybridized carbons (Fsp3) is 0.235. The van der Waals surface area contributed by atoms with Gasteiger partial charge in [-0.15, -0.1) is 11.3 Å². The number of benzene rings is 1. The molecule has 0 aliphatic rings. The van der Waals surface area contributed by atoms with Crippen LogP contribution in [0.2, 0.25) is 0 Å². The van der Waals surface area contributed by atoms with Crippen molar-refractivity contribution >= 4 is 55.2 Å². The van der Waals surface area contributed by atoms with E-state index in [9.17, 15) is 9.59 Å². The van der Waals surface area contributed by atoms with E-state index in [0.717, 1.165) is 10.0 Å². The van der Waals surface area contributed by atoms with Gasteiger partial charge >= 0.3 is 0 Å². The predicted octanol–water partition coefficient (Wildman–Crippen LogP) is 3.73. The molecule has 1 unspecified atom stereocenters. The van der Waals surface area contributed by atoms with E-state index in [1.165, 1.54) is 27.7 Å². The number of hydrogen-bond donors (Lipinski definition) is 1. The Morgan fingerprint density at radius 3 is 2.80 bits per heavy atom. The lowest BCUT2D eigenvalue weighted by Crippen LogP contribution is -2.28. The van der Waals surface area contributed by atoms with Gasteiger partial charge in [-0.1, -0.05) is 39.8 Å². The second kappa shape index (κ2) is 7.72. The Morgan fingerprint density at radius 2 is 2.08 bits per heavy atom. The summed E-state index contributed by atoms with van der Waals surface area (Å²) in [6, 6.07) is 9.52. The minimum Gasteiger partial charge on any atom is -0.349 e. The quantitative estimate of drug-likeness (QED) is 0.487. The minimum absolute atomic E-state index is 0.0854. The second-order valence-electron chi connectivity index (χ2n) is 5.53. The molecule has 1 aromatic carbocycles. The van der Waals surface area contributed by atoms with Gasteiger partial charge in [-0.05, 0) is 36.1 Å². The highest BCUT2D eigenvalue weighted by Crippen LogP contribution is 2.21. The van der Waals surface area contributed by atoms with Crippen molar-refractivity contribution in [3.05, 3.63) is 56.1 Å². The third-order valence-electron chi connectivity index (χ3n) is 3.74. The number of rotatable bonds is 5. The van der Waals surface area contributed by atoms with Crippen molar-refractivity contribution < 1.29 is 4.79 Å². The Hall–Kier alpha value is -1.64. The summed E-state index contributed by atoms with van der Waals surface area (Å²) < 4.78 is 2.49. The van der Waals surface area contributed by atoms with Crippen molar-refractivity contribution in [1.82, 2.24) is 14.9 Å². The number of hydrogen-bond acceptors (Lipinski definition) is 5. The highest BCUT2D eigenvalue weighted by molar-refractivity contribution is 9.10. The van der Waals surface area contributed by atoms with Gasteiger partial charge in [0.05, 0.1) is 17.2 Å². The molecule has 1 N–H and O–H groups in total. The summed E-state index contributed by atoms with van der Waals surface area (Å²) in [6.07, 6.45) is 0. The minimum atomic E-state index is -0.0963. The molecule has 0 fully saturated rings. The van der Waals surface area contributed by atoms with E-state index in [1.54, 1.807) is 13.1 Å².